The van der Waals surface area contributed by atoms with Gasteiger partial charge in [0, 0.05) is 16.8 Å². The number of hydrogen-bond acceptors (Lipinski definition) is 2. The molecule has 0 aliphatic rings. The van der Waals surface area contributed by atoms with Crippen LogP contribution >= 0.6 is 0 Å². The molecule has 0 saturated heterocycles. The van der Waals surface area contributed by atoms with Crippen LogP contribution in [0.4, 0.5) is 0 Å². The van der Waals surface area contributed by atoms with Crippen molar-refractivity contribution in [3.05, 3.63) is 23.7 Å². The molecule has 0 bridgehead atoms. The fraction of sp³-hybridized carbons (Fsp3) is 0.500. The van der Waals surface area contributed by atoms with E-state index in [4.69, 9.17) is 0 Å². The van der Waals surface area contributed by atoms with Crippen LogP contribution in [0.1, 0.15) is 50.9 Å². The van der Waals surface area contributed by atoms with Gasteiger partial charge in [0.05, 0.1) is 6.20 Å². The molecule has 3 heteroatoms. The van der Waals surface area contributed by atoms with Crippen molar-refractivity contribution < 1.29 is 0 Å². The van der Waals surface area contributed by atoms with Gasteiger partial charge in [-0.05, 0) is 17.9 Å². The molecule has 2 heterocycles. The Morgan fingerprint density at radius 1 is 1.13 bits per heavy atom. The Morgan fingerprint density at radius 3 is 2.47 bits per heavy atom. The van der Waals surface area contributed by atoms with Crippen molar-refractivity contribution in [3.8, 4) is 0 Å². The van der Waals surface area contributed by atoms with Crippen molar-refractivity contribution in [2.75, 3.05) is 0 Å². The van der Waals surface area contributed by atoms with Crippen molar-refractivity contribution in [1.82, 2.24) is 15.2 Å². The van der Waals surface area contributed by atoms with E-state index in [9.17, 15) is 0 Å². The number of nitrogens with zero attached hydrogens (tertiary/aromatic N) is 2. The highest BCUT2D eigenvalue weighted by molar-refractivity contribution is 5.81. The maximum absolute atomic E-state index is 4.40. The zero-order chi connectivity index (χ0) is 11.0. The summed E-state index contributed by atoms with van der Waals surface area (Å²) >= 11 is 0. The van der Waals surface area contributed by atoms with E-state index in [1.54, 1.807) is 0 Å². The van der Waals surface area contributed by atoms with Gasteiger partial charge in [-0.25, -0.2) is 0 Å². The molecule has 0 amide bonds. The standard InChI is InChI=1S/C12H17N3/c1-7(2)10-5-9-11(6-13-10)14-15-12(9)8(3)4/h5-8H,1-4H3,(H,14,15). The van der Waals surface area contributed by atoms with Crippen LogP contribution in [0.2, 0.25) is 0 Å². The average Bonchev–Trinajstić information content (AvgIpc) is 2.59. The Hall–Kier alpha value is -1.38. The predicted octanol–water partition coefficient (Wildman–Crippen LogP) is 3.20. The van der Waals surface area contributed by atoms with E-state index in [1.807, 2.05) is 6.20 Å². The van der Waals surface area contributed by atoms with Crippen LogP contribution in [-0.2, 0) is 0 Å². The maximum atomic E-state index is 4.40. The second kappa shape index (κ2) is 3.65. The van der Waals surface area contributed by atoms with Gasteiger partial charge >= 0.3 is 0 Å². The average molecular weight is 203 g/mol. The van der Waals surface area contributed by atoms with Crippen molar-refractivity contribution in [1.29, 1.82) is 0 Å². The molecule has 0 saturated carbocycles. The van der Waals surface area contributed by atoms with Crippen molar-refractivity contribution in [2.45, 2.75) is 39.5 Å². The minimum atomic E-state index is 0.462. The van der Waals surface area contributed by atoms with Crippen LogP contribution in [0.3, 0.4) is 0 Å². The molecule has 0 atom stereocenters. The summed E-state index contributed by atoms with van der Waals surface area (Å²) in [5.41, 5.74) is 3.29. The second-order valence-electron chi connectivity index (χ2n) is 4.57. The fourth-order valence-corrected chi connectivity index (χ4v) is 1.71. The summed E-state index contributed by atoms with van der Waals surface area (Å²) < 4.78 is 0. The van der Waals surface area contributed by atoms with Gasteiger partial charge in [-0.15, -0.1) is 0 Å². The zero-order valence-electron chi connectivity index (χ0n) is 9.70. The number of H-pyrrole nitrogens is 1. The summed E-state index contributed by atoms with van der Waals surface area (Å²) in [5.74, 6) is 0.932. The van der Waals surface area contributed by atoms with Gasteiger partial charge in [0.2, 0.25) is 0 Å². The largest absolute Gasteiger partial charge is 0.281 e. The second-order valence-corrected chi connectivity index (χ2v) is 4.57. The first-order chi connectivity index (χ1) is 7.09. The van der Waals surface area contributed by atoms with Gasteiger partial charge in [-0.3, -0.25) is 10.1 Å². The number of hydrogen-bond donors (Lipinski definition) is 1. The van der Waals surface area contributed by atoms with Gasteiger partial charge in [-0.2, -0.15) is 5.10 Å². The van der Waals surface area contributed by atoms with Crippen LogP contribution < -0.4 is 0 Å². The molecule has 15 heavy (non-hydrogen) atoms. The molecule has 2 aromatic heterocycles. The molecule has 2 rings (SSSR count). The lowest BCUT2D eigenvalue weighted by Crippen LogP contribution is -1.93. The minimum Gasteiger partial charge on any atom is -0.281 e. The number of nitrogens with one attached hydrogen (secondary N) is 1. The highest BCUT2D eigenvalue weighted by atomic mass is 15.1. The van der Waals surface area contributed by atoms with E-state index < -0.39 is 0 Å². The molecule has 0 aliphatic carbocycles. The lowest BCUT2D eigenvalue weighted by Gasteiger charge is -2.05. The number of aromatic nitrogens is 3. The summed E-state index contributed by atoms with van der Waals surface area (Å²) in [6, 6.07) is 2.15. The fourth-order valence-electron chi connectivity index (χ4n) is 1.71. The van der Waals surface area contributed by atoms with E-state index in [0.29, 0.717) is 11.8 Å². The quantitative estimate of drug-likeness (QED) is 0.814. The lowest BCUT2D eigenvalue weighted by atomic mass is 10.0. The highest BCUT2D eigenvalue weighted by Gasteiger charge is 2.10. The van der Waals surface area contributed by atoms with Gasteiger partial charge in [0.25, 0.3) is 0 Å². The van der Waals surface area contributed by atoms with E-state index >= 15 is 0 Å². The monoisotopic (exact) mass is 203 g/mol. The minimum absolute atomic E-state index is 0.462. The van der Waals surface area contributed by atoms with Gasteiger partial charge < -0.3 is 0 Å². The Bertz CT molecular complexity index is 469. The third-order valence-corrected chi connectivity index (χ3v) is 2.66. The SMILES string of the molecule is CC(C)c1cc2c(C(C)C)[nH]nc2cn1. The first-order valence-electron chi connectivity index (χ1n) is 5.43. The van der Waals surface area contributed by atoms with Crippen LogP contribution in [0.15, 0.2) is 12.3 Å². The van der Waals surface area contributed by atoms with E-state index in [1.165, 1.54) is 11.1 Å². The molecule has 0 unspecified atom stereocenters. The molecule has 0 fully saturated rings. The number of rotatable bonds is 2. The Balaban J connectivity index is 2.61. The summed E-state index contributed by atoms with van der Waals surface area (Å²) in [6.07, 6.45) is 1.85. The molecule has 3 nitrogen and oxygen atoms in total. The van der Waals surface area contributed by atoms with Crippen LogP contribution in [0.25, 0.3) is 10.9 Å². The molecule has 0 spiro atoms. The van der Waals surface area contributed by atoms with Crippen molar-refractivity contribution >= 4 is 10.9 Å². The van der Waals surface area contributed by atoms with E-state index in [-0.39, 0.29) is 0 Å². The van der Waals surface area contributed by atoms with Crippen LogP contribution in [0, 0.1) is 0 Å². The summed E-state index contributed by atoms with van der Waals surface area (Å²) in [7, 11) is 0. The summed E-state index contributed by atoms with van der Waals surface area (Å²) in [6.45, 7) is 8.65. The smallest absolute Gasteiger partial charge is 0.111 e. The van der Waals surface area contributed by atoms with Crippen molar-refractivity contribution in [2.24, 2.45) is 0 Å². The van der Waals surface area contributed by atoms with E-state index in [2.05, 4.69) is 48.9 Å². The maximum Gasteiger partial charge on any atom is 0.111 e. The van der Waals surface area contributed by atoms with Gasteiger partial charge in [0.15, 0.2) is 0 Å². The third-order valence-electron chi connectivity index (χ3n) is 2.66. The molecule has 0 aromatic carbocycles. The molecular weight excluding hydrogens is 186 g/mol. The molecule has 80 valence electrons. The van der Waals surface area contributed by atoms with Crippen molar-refractivity contribution in [3.63, 3.8) is 0 Å². The number of fused-ring (bicyclic) bond motifs is 1. The van der Waals surface area contributed by atoms with Crippen LogP contribution in [-0.4, -0.2) is 15.2 Å². The first-order valence-corrected chi connectivity index (χ1v) is 5.43. The third kappa shape index (κ3) is 1.74. The normalized spacial score (nSPS) is 11.9. The molecular formula is C12H17N3. The highest BCUT2D eigenvalue weighted by Crippen LogP contribution is 2.24. The summed E-state index contributed by atoms with van der Waals surface area (Å²) in [5, 5.41) is 8.55. The van der Waals surface area contributed by atoms with Gasteiger partial charge in [0.1, 0.15) is 5.52 Å². The number of aromatic amines is 1. The Kier molecular flexibility index (Phi) is 2.47. The lowest BCUT2D eigenvalue weighted by molar-refractivity contribution is 0.815. The number of pyridine rings is 1. The first kappa shape index (κ1) is 10.1. The van der Waals surface area contributed by atoms with Crippen LogP contribution in [0.5, 0.6) is 0 Å². The molecule has 1 N–H and O–H groups in total. The summed E-state index contributed by atoms with van der Waals surface area (Å²) in [4.78, 5) is 4.40. The zero-order valence-corrected chi connectivity index (χ0v) is 9.70. The topological polar surface area (TPSA) is 41.6 Å². The van der Waals surface area contributed by atoms with E-state index in [0.717, 1.165) is 11.2 Å². The Morgan fingerprint density at radius 2 is 1.87 bits per heavy atom. The van der Waals surface area contributed by atoms with Gasteiger partial charge in [-0.1, -0.05) is 27.7 Å². The molecule has 2 aromatic rings. The predicted molar refractivity (Wildman–Crippen MR) is 62.1 cm³/mol. The molecule has 0 aliphatic heterocycles. The molecule has 0 radical (unpaired) electrons. The Labute approximate surface area is 89.9 Å².